The Hall–Kier alpha value is -1.66. The van der Waals surface area contributed by atoms with Crippen LogP contribution in [0.4, 0.5) is 4.39 Å². The summed E-state index contributed by atoms with van der Waals surface area (Å²) in [5.74, 6) is -1.17. The molecule has 0 aromatic heterocycles. The third-order valence-electron chi connectivity index (χ3n) is 2.55. The minimum atomic E-state index is -0.657. The smallest absolute Gasteiger partial charge is 0.234 e. The van der Waals surface area contributed by atoms with Crippen molar-refractivity contribution in [3.63, 3.8) is 0 Å². The zero-order valence-electron chi connectivity index (χ0n) is 11.1. The maximum absolute atomic E-state index is 13.1. The number of para-hydroxylation sites is 1. The van der Waals surface area contributed by atoms with Crippen molar-refractivity contribution < 1.29 is 19.0 Å². The number of ether oxygens (including phenoxy) is 1. The molecule has 0 fully saturated rings. The van der Waals surface area contributed by atoms with Crippen LogP contribution in [0.2, 0.25) is 0 Å². The number of aromatic hydroxyl groups is 1. The molecule has 19 heavy (non-hydrogen) atoms. The summed E-state index contributed by atoms with van der Waals surface area (Å²) < 4.78 is 18.0. The molecular formula is C13H19FN2O3. The van der Waals surface area contributed by atoms with Crippen LogP contribution in [0.25, 0.3) is 0 Å². The largest absolute Gasteiger partial charge is 0.505 e. The molecule has 0 radical (unpaired) electrons. The van der Waals surface area contributed by atoms with Gasteiger partial charge in [0.15, 0.2) is 11.6 Å². The first-order valence-electron chi connectivity index (χ1n) is 5.95. The van der Waals surface area contributed by atoms with Gasteiger partial charge in [-0.05, 0) is 13.1 Å². The number of nitrogens with zero attached hydrogens (tertiary/aromatic N) is 1. The average molecular weight is 270 g/mol. The van der Waals surface area contributed by atoms with Crippen LogP contribution >= 0.6 is 0 Å². The Kier molecular flexibility index (Phi) is 6.24. The number of carbonyl (C=O) groups excluding carboxylic acids is 1. The molecule has 2 N–H and O–H groups in total. The van der Waals surface area contributed by atoms with E-state index in [-0.39, 0.29) is 18.2 Å². The Balaban J connectivity index is 2.44. The quantitative estimate of drug-likeness (QED) is 0.717. The summed E-state index contributed by atoms with van der Waals surface area (Å²) in [6.07, 6.45) is 0. The lowest BCUT2D eigenvalue weighted by Crippen LogP contribution is -2.36. The first-order chi connectivity index (χ1) is 9.04. The topological polar surface area (TPSA) is 61.8 Å². The van der Waals surface area contributed by atoms with Gasteiger partial charge >= 0.3 is 0 Å². The molecule has 1 aromatic rings. The molecule has 0 atom stereocenters. The predicted octanol–water partition coefficient (Wildman–Crippen LogP) is 0.726. The molecule has 106 valence electrons. The zero-order valence-corrected chi connectivity index (χ0v) is 11.1. The molecule has 0 aliphatic carbocycles. The highest BCUT2D eigenvalue weighted by Crippen LogP contribution is 2.21. The van der Waals surface area contributed by atoms with Crippen LogP contribution in [0, 0.1) is 5.82 Å². The van der Waals surface area contributed by atoms with Crippen LogP contribution in [0.15, 0.2) is 18.2 Å². The van der Waals surface area contributed by atoms with Crippen molar-refractivity contribution in [1.29, 1.82) is 0 Å². The molecule has 0 unspecified atom stereocenters. The summed E-state index contributed by atoms with van der Waals surface area (Å²) in [7, 11) is 3.28. The lowest BCUT2D eigenvalue weighted by Gasteiger charge is -2.17. The number of phenols is 1. The van der Waals surface area contributed by atoms with E-state index in [1.165, 1.54) is 12.1 Å². The van der Waals surface area contributed by atoms with Crippen LogP contribution in [0.5, 0.6) is 5.75 Å². The summed E-state index contributed by atoms with van der Waals surface area (Å²) in [5.41, 5.74) is 0.451. The van der Waals surface area contributed by atoms with Gasteiger partial charge in [-0.1, -0.05) is 12.1 Å². The molecule has 0 bridgehead atoms. The van der Waals surface area contributed by atoms with Gasteiger partial charge in [-0.3, -0.25) is 9.69 Å². The standard InChI is InChI=1S/C13H19FN2O3/c1-16(9-12(17)15-6-7-19-2)8-10-4-3-5-11(14)13(10)18/h3-5,18H,6-9H2,1-2H3,(H,15,17). The third kappa shape index (κ3) is 5.23. The molecule has 0 aliphatic heterocycles. The van der Waals surface area contributed by atoms with Crippen molar-refractivity contribution >= 4 is 5.91 Å². The van der Waals surface area contributed by atoms with Gasteiger partial charge in [-0.15, -0.1) is 0 Å². The molecule has 0 spiro atoms. The highest BCUT2D eigenvalue weighted by atomic mass is 19.1. The van der Waals surface area contributed by atoms with Crippen LogP contribution in [0.1, 0.15) is 5.56 Å². The molecule has 0 heterocycles. The van der Waals surface area contributed by atoms with Crippen molar-refractivity contribution in [1.82, 2.24) is 10.2 Å². The number of benzene rings is 1. The fourth-order valence-electron chi connectivity index (χ4n) is 1.63. The van der Waals surface area contributed by atoms with Gasteiger partial charge in [-0.25, -0.2) is 4.39 Å². The third-order valence-corrected chi connectivity index (χ3v) is 2.55. The van der Waals surface area contributed by atoms with E-state index in [2.05, 4.69) is 5.32 Å². The number of amides is 1. The Labute approximate surface area is 112 Å². The molecule has 0 saturated heterocycles. The number of hydrogen-bond acceptors (Lipinski definition) is 4. The van der Waals surface area contributed by atoms with E-state index in [0.29, 0.717) is 25.3 Å². The van der Waals surface area contributed by atoms with E-state index in [1.807, 2.05) is 0 Å². The number of rotatable bonds is 7. The summed E-state index contributed by atoms with van der Waals surface area (Å²) in [6, 6.07) is 4.34. The SMILES string of the molecule is COCCNC(=O)CN(C)Cc1cccc(F)c1O. The van der Waals surface area contributed by atoms with E-state index in [9.17, 15) is 14.3 Å². The summed E-state index contributed by atoms with van der Waals surface area (Å²) in [6.45, 7) is 1.37. The minimum absolute atomic E-state index is 0.143. The van der Waals surface area contributed by atoms with E-state index in [4.69, 9.17) is 4.74 Å². The molecule has 1 rings (SSSR count). The first kappa shape index (κ1) is 15.4. The van der Waals surface area contributed by atoms with Gasteiger partial charge in [0, 0.05) is 25.8 Å². The van der Waals surface area contributed by atoms with E-state index < -0.39 is 5.82 Å². The van der Waals surface area contributed by atoms with E-state index >= 15 is 0 Å². The number of nitrogens with one attached hydrogen (secondary N) is 1. The highest BCUT2D eigenvalue weighted by molar-refractivity contribution is 5.77. The Morgan fingerprint density at radius 3 is 2.95 bits per heavy atom. The second-order valence-electron chi connectivity index (χ2n) is 4.26. The van der Waals surface area contributed by atoms with Gasteiger partial charge in [0.2, 0.25) is 5.91 Å². The number of methoxy groups -OCH3 is 1. The Bertz CT molecular complexity index is 426. The van der Waals surface area contributed by atoms with Crippen LogP contribution in [-0.4, -0.2) is 49.8 Å². The second kappa shape index (κ2) is 7.70. The van der Waals surface area contributed by atoms with Gasteiger partial charge in [-0.2, -0.15) is 0 Å². The van der Waals surface area contributed by atoms with Crippen LogP contribution < -0.4 is 5.32 Å². The van der Waals surface area contributed by atoms with Crippen molar-refractivity contribution in [2.24, 2.45) is 0 Å². The molecule has 0 saturated carbocycles. The van der Waals surface area contributed by atoms with Crippen molar-refractivity contribution in [3.8, 4) is 5.75 Å². The van der Waals surface area contributed by atoms with Crippen LogP contribution in [-0.2, 0) is 16.1 Å². The molecule has 0 aliphatic rings. The Morgan fingerprint density at radius 1 is 1.53 bits per heavy atom. The molecule has 5 nitrogen and oxygen atoms in total. The molecular weight excluding hydrogens is 251 g/mol. The number of halogens is 1. The number of carbonyl (C=O) groups is 1. The average Bonchev–Trinajstić information content (AvgIpc) is 2.35. The number of likely N-dealkylation sites (N-methyl/N-ethyl adjacent to an activating group) is 1. The van der Waals surface area contributed by atoms with Crippen LogP contribution in [0.3, 0.4) is 0 Å². The van der Waals surface area contributed by atoms with Gasteiger partial charge in [0.25, 0.3) is 0 Å². The van der Waals surface area contributed by atoms with Gasteiger partial charge in [0.1, 0.15) is 0 Å². The van der Waals surface area contributed by atoms with Crippen molar-refractivity contribution in [3.05, 3.63) is 29.6 Å². The van der Waals surface area contributed by atoms with Crippen molar-refractivity contribution in [2.45, 2.75) is 6.54 Å². The van der Waals surface area contributed by atoms with Crippen molar-refractivity contribution in [2.75, 3.05) is 33.9 Å². The molecule has 6 heteroatoms. The fraction of sp³-hybridized carbons (Fsp3) is 0.462. The Morgan fingerprint density at radius 2 is 2.26 bits per heavy atom. The van der Waals surface area contributed by atoms with E-state index in [1.54, 1.807) is 25.1 Å². The maximum atomic E-state index is 13.1. The highest BCUT2D eigenvalue weighted by Gasteiger charge is 2.11. The monoisotopic (exact) mass is 270 g/mol. The fourth-order valence-corrected chi connectivity index (χ4v) is 1.63. The summed E-state index contributed by atoms with van der Waals surface area (Å²) in [4.78, 5) is 13.2. The molecule has 1 amide bonds. The minimum Gasteiger partial charge on any atom is -0.505 e. The second-order valence-corrected chi connectivity index (χ2v) is 4.26. The molecule has 1 aromatic carbocycles. The summed E-state index contributed by atoms with van der Waals surface area (Å²) in [5, 5.41) is 12.2. The first-order valence-corrected chi connectivity index (χ1v) is 5.95. The maximum Gasteiger partial charge on any atom is 0.234 e. The predicted molar refractivity (Wildman–Crippen MR) is 69.3 cm³/mol. The normalized spacial score (nSPS) is 10.7. The van der Waals surface area contributed by atoms with Gasteiger partial charge < -0.3 is 15.2 Å². The lowest BCUT2D eigenvalue weighted by atomic mass is 10.2. The zero-order chi connectivity index (χ0) is 14.3. The van der Waals surface area contributed by atoms with E-state index in [0.717, 1.165) is 0 Å². The lowest BCUT2D eigenvalue weighted by molar-refractivity contribution is -0.122. The van der Waals surface area contributed by atoms with Gasteiger partial charge in [0.05, 0.1) is 13.2 Å². The number of phenolic OH excluding ortho intramolecular Hbond substituents is 1. The summed E-state index contributed by atoms with van der Waals surface area (Å²) >= 11 is 0. The number of hydrogen-bond donors (Lipinski definition) is 2.